The first-order chi connectivity index (χ1) is 10.2. The molecule has 1 aliphatic heterocycles. The molecule has 0 radical (unpaired) electrons. The molecule has 0 spiro atoms. The Kier molecular flexibility index (Phi) is 5.39. The van der Waals surface area contributed by atoms with Gasteiger partial charge in [0, 0.05) is 6.42 Å². The molecular formula is C17H29BO4. The number of rotatable bonds is 5. The quantitative estimate of drug-likeness (QED) is 0.574. The number of hydrogen-bond acceptors (Lipinski definition) is 4. The predicted molar refractivity (Wildman–Crippen MR) is 87.4 cm³/mol. The molecule has 4 nitrogen and oxygen atoms in total. The highest BCUT2D eigenvalue weighted by molar-refractivity contribution is 6.54. The van der Waals surface area contributed by atoms with Crippen LogP contribution in [0.5, 0.6) is 0 Å². The summed E-state index contributed by atoms with van der Waals surface area (Å²) in [5.74, 6) is 0.315. The monoisotopic (exact) mass is 308 g/mol. The van der Waals surface area contributed by atoms with Crippen molar-refractivity contribution >= 4 is 13.1 Å². The lowest BCUT2D eigenvalue weighted by Gasteiger charge is -2.32. The van der Waals surface area contributed by atoms with E-state index in [0.29, 0.717) is 18.9 Å². The van der Waals surface area contributed by atoms with Gasteiger partial charge in [-0.15, -0.1) is 0 Å². The number of carbonyl (C=O) groups is 1. The largest absolute Gasteiger partial charge is 0.490 e. The van der Waals surface area contributed by atoms with E-state index in [1.807, 2.05) is 6.92 Å². The Hall–Kier alpha value is -0.805. The van der Waals surface area contributed by atoms with Crippen LogP contribution in [0.2, 0.25) is 0 Å². The van der Waals surface area contributed by atoms with Crippen molar-refractivity contribution in [1.29, 1.82) is 0 Å². The fourth-order valence-electron chi connectivity index (χ4n) is 2.81. The number of esters is 1. The summed E-state index contributed by atoms with van der Waals surface area (Å²) in [6.45, 7) is 10.8. The highest BCUT2D eigenvalue weighted by Gasteiger charge is 2.52. The molecule has 0 aromatic rings. The van der Waals surface area contributed by atoms with Crippen LogP contribution in [0.25, 0.3) is 0 Å². The van der Waals surface area contributed by atoms with Crippen LogP contribution >= 0.6 is 0 Å². The molecule has 1 heterocycles. The van der Waals surface area contributed by atoms with Crippen LogP contribution in [0.1, 0.15) is 66.7 Å². The first-order valence-corrected chi connectivity index (χ1v) is 8.45. The van der Waals surface area contributed by atoms with E-state index in [4.69, 9.17) is 14.0 Å². The molecule has 1 saturated heterocycles. The molecule has 1 atom stereocenters. The molecule has 2 rings (SSSR count). The third kappa shape index (κ3) is 3.93. The zero-order valence-electron chi connectivity index (χ0n) is 14.6. The van der Waals surface area contributed by atoms with E-state index in [2.05, 4.69) is 33.8 Å². The average Bonchev–Trinajstić information content (AvgIpc) is 2.66. The van der Waals surface area contributed by atoms with Gasteiger partial charge in [0.2, 0.25) is 0 Å². The Balaban J connectivity index is 1.86. The SMILES string of the molecule is CCCOC(=O)CC1CC=C(B2OC(C)(C)C(C)(C)O2)CC1. The van der Waals surface area contributed by atoms with Crippen molar-refractivity contribution in [2.24, 2.45) is 5.92 Å². The molecule has 1 aliphatic carbocycles. The van der Waals surface area contributed by atoms with Gasteiger partial charge in [-0.05, 0) is 64.8 Å². The van der Waals surface area contributed by atoms with E-state index >= 15 is 0 Å². The Morgan fingerprint density at radius 2 is 1.95 bits per heavy atom. The third-order valence-electron chi connectivity index (χ3n) is 5.03. The highest BCUT2D eigenvalue weighted by atomic mass is 16.7. The summed E-state index contributed by atoms with van der Waals surface area (Å²) < 4.78 is 17.3. The lowest BCUT2D eigenvalue weighted by atomic mass is 9.70. The molecule has 0 bridgehead atoms. The molecule has 22 heavy (non-hydrogen) atoms. The van der Waals surface area contributed by atoms with Crippen LogP contribution in [0.15, 0.2) is 11.5 Å². The minimum Gasteiger partial charge on any atom is -0.466 e. The number of allylic oxidation sites excluding steroid dienone is 2. The molecule has 1 unspecified atom stereocenters. The van der Waals surface area contributed by atoms with Gasteiger partial charge in [-0.25, -0.2) is 0 Å². The molecule has 124 valence electrons. The Bertz CT molecular complexity index is 426. The van der Waals surface area contributed by atoms with Gasteiger partial charge in [-0.2, -0.15) is 0 Å². The standard InChI is InChI=1S/C17H29BO4/c1-6-11-20-15(19)12-13-7-9-14(10-8-13)18-21-16(2,3)17(4,5)22-18/h9,13H,6-8,10-12H2,1-5H3. The predicted octanol–water partition coefficient (Wildman–Crippen LogP) is 3.69. The lowest BCUT2D eigenvalue weighted by Crippen LogP contribution is -2.41. The molecule has 2 aliphatic rings. The van der Waals surface area contributed by atoms with E-state index in [1.54, 1.807) is 0 Å². The molecule has 0 N–H and O–H groups in total. The Morgan fingerprint density at radius 3 is 2.45 bits per heavy atom. The topological polar surface area (TPSA) is 44.8 Å². The zero-order chi connectivity index (χ0) is 16.4. The van der Waals surface area contributed by atoms with Crippen LogP contribution in [0.3, 0.4) is 0 Å². The van der Waals surface area contributed by atoms with Crippen molar-refractivity contribution in [2.75, 3.05) is 6.61 Å². The fraction of sp³-hybridized carbons (Fsp3) is 0.824. The summed E-state index contributed by atoms with van der Waals surface area (Å²) in [4.78, 5) is 11.7. The minimum absolute atomic E-state index is 0.0701. The lowest BCUT2D eigenvalue weighted by molar-refractivity contribution is -0.144. The summed E-state index contributed by atoms with van der Waals surface area (Å²) in [7, 11) is -0.238. The van der Waals surface area contributed by atoms with E-state index < -0.39 is 0 Å². The van der Waals surface area contributed by atoms with E-state index in [9.17, 15) is 4.79 Å². The van der Waals surface area contributed by atoms with Gasteiger partial charge < -0.3 is 14.0 Å². The maximum atomic E-state index is 11.7. The van der Waals surface area contributed by atoms with Gasteiger partial charge in [0.25, 0.3) is 0 Å². The Labute approximate surface area is 134 Å². The summed E-state index contributed by atoms with van der Waals surface area (Å²) in [5, 5.41) is 0. The normalized spacial score (nSPS) is 26.7. The molecule has 1 fully saturated rings. The van der Waals surface area contributed by atoms with Gasteiger partial charge in [-0.3, -0.25) is 4.79 Å². The van der Waals surface area contributed by atoms with Gasteiger partial charge in [-0.1, -0.05) is 13.0 Å². The second-order valence-electron chi connectivity index (χ2n) is 7.43. The number of carbonyl (C=O) groups excluding carboxylic acids is 1. The third-order valence-corrected chi connectivity index (χ3v) is 5.03. The van der Waals surface area contributed by atoms with E-state index in [1.165, 1.54) is 5.47 Å². The van der Waals surface area contributed by atoms with Crippen molar-refractivity contribution < 1.29 is 18.8 Å². The summed E-state index contributed by atoms with van der Waals surface area (Å²) in [6.07, 6.45) is 6.43. The maximum absolute atomic E-state index is 11.7. The van der Waals surface area contributed by atoms with Crippen molar-refractivity contribution in [1.82, 2.24) is 0 Å². The average molecular weight is 308 g/mol. The summed E-state index contributed by atoms with van der Waals surface area (Å²) in [6, 6.07) is 0. The van der Waals surface area contributed by atoms with Crippen LogP contribution in [-0.4, -0.2) is 30.9 Å². The molecule has 5 heteroatoms. The molecule has 0 amide bonds. The molecule has 0 saturated carbocycles. The van der Waals surface area contributed by atoms with Crippen LogP contribution < -0.4 is 0 Å². The van der Waals surface area contributed by atoms with E-state index in [-0.39, 0.29) is 24.3 Å². The number of ether oxygens (including phenoxy) is 1. The van der Waals surface area contributed by atoms with Crippen molar-refractivity contribution in [3.8, 4) is 0 Å². The highest BCUT2D eigenvalue weighted by Crippen LogP contribution is 2.40. The minimum atomic E-state index is -0.292. The Morgan fingerprint density at radius 1 is 1.32 bits per heavy atom. The van der Waals surface area contributed by atoms with Gasteiger partial charge in [0.15, 0.2) is 0 Å². The van der Waals surface area contributed by atoms with Crippen molar-refractivity contribution in [3.63, 3.8) is 0 Å². The summed E-state index contributed by atoms with van der Waals surface area (Å²) >= 11 is 0. The molecular weight excluding hydrogens is 279 g/mol. The summed E-state index contributed by atoms with van der Waals surface area (Å²) in [5.41, 5.74) is 0.635. The first kappa shape index (κ1) is 17.5. The van der Waals surface area contributed by atoms with Gasteiger partial charge in [0.1, 0.15) is 0 Å². The van der Waals surface area contributed by atoms with Crippen molar-refractivity contribution in [3.05, 3.63) is 11.5 Å². The van der Waals surface area contributed by atoms with Crippen molar-refractivity contribution in [2.45, 2.75) is 77.9 Å². The van der Waals surface area contributed by atoms with Crippen LogP contribution in [0.4, 0.5) is 0 Å². The van der Waals surface area contributed by atoms with Crippen LogP contribution in [0, 0.1) is 5.92 Å². The number of hydrogen-bond donors (Lipinski definition) is 0. The van der Waals surface area contributed by atoms with Crippen LogP contribution in [-0.2, 0) is 18.8 Å². The van der Waals surface area contributed by atoms with Gasteiger partial charge in [0.05, 0.1) is 17.8 Å². The zero-order valence-corrected chi connectivity index (χ0v) is 14.6. The maximum Gasteiger partial charge on any atom is 0.490 e. The fourth-order valence-corrected chi connectivity index (χ4v) is 2.81. The van der Waals surface area contributed by atoms with E-state index in [0.717, 1.165) is 25.7 Å². The molecule has 0 aromatic heterocycles. The second-order valence-corrected chi connectivity index (χ2v) is 7.43. The molecule has 0 aromatic carbocycles. The smallest absolute Gasteiger partial charge is 0.466 e. The second kappa shape index (κ2) is 6.75. The first-order valence-electron chi connectivity index (χ1n) is 8.45. The van der Waals surface area contributed by atoms with Gasteiger partial charge >= 0.3 is 13.1 Å².